The van der Waals surface area contributed by atoms with Crippen molar-refractivity contribution >= 4 is 26.0 Å². The molecule has 1 N–H and O–H groups in total. The highest BCUT2D eigenvalue weighted by molar-refractivity contribution is 9.10. The van der Waals surface area contributed by atoms with Crippen LogP contribution in [-0.2, 0) is 10.0 Å². The standard InChI is InChI=1S/C13H19BrN2O2S/c1-10-5-6-13(12(14)8-10)19(17,18)16(2)9-11-4-3-7-15-11/h5-6,8,11,15H,3-4,7,9H2,1-2H3. The van der Waals surface area contributed by atoms with E-state index in [4.69, 9.17) is 0 Å². The Morgan fingerprint density at radius 2 is 2.21 bits per heavy atom. The van der Waals surface area contributed by atoms with Crippen LogP contribution in [0.15, 0.2) is 27.6 Å². The first kappa shape index (κ1) is 15.0. The molecular weight excluding hydrogens is 328 g/mol. The lowest BCUT2D eigenvalue weighted by molar-refractivity contribution is 0.417. The molecule has 1 fully saturated rings. The van der Waals surface area contributed by atoms with Gasteiger partial charge in [0.05, 0.1) is 4.90 Å². The third-order valence-electron chi connectivity index (χ3n) is 3.42. The van der Waals surface area contributed by atoms with Crippen molar-refractivity contribution in [2.24, 2.45) is 0 Å². The summed E-state index contributed by atoms with van der Waals surface area (Å²) in [5, 5.41) is 3.32. The van der Waals surface area contributed by atoms with Gasteiger partial charge in [0.25, 0.3) is 0 Å². The molecule has 0 aromatic heterocycles. The average molecular weight is 347 g/mol. The van der Waals surface area contributed by atoms with E-state index < -0.39 is 10.0 Å². The van der Waals surface area contributed by atoms with Gasteiger partial charge in [0.1, 0.15) is 0 Å². The zero-order valence-corrected chi connectivity index (χ0v) is 13.6. The van der Waals surface area contributed by atoms with Gasteiger partial charge < -0.3 is 5.32 Å². The van der Waals surface area contributed by atoms with E-state index in [-0.39, 0.29) is 6.04 Å². The second-order valence-electron chi connectivity index (χ2n) is 5.01. The summed E-state index contributed by atoms with van der Waals surface area (Å²) in [6, 6.07) is 5.57. The van der Waals surface area contributed by atoms with E-state index in [0.717, 1.165) is 24.9 Å². The maximum Gasteiger partial charge on any atom is 0.243 e. The van der Waals surface area contributed by atoms with Gasteiger partial charge in [-0.1, -0.05) is 6.07 Å². The monoisotopic (exact) mass is 346 g/mol. The lowest BCUT2D eigenvalue weighted by Gasteiger charge is -2.21. The van der Waals surface area contributed by atoms with Crippen molar-refractivity contribution in [3.8, 4) is 0 Å². The van der Waals surface area contributed by atoms with E-state index in [9.17, 15) is 8.42 Å². The van der Waals surface area contributed by atoms with Crippen molar-refractivity contribution < 1.29 is 8.42 Å². The minimum atomic E-state index is -3.43. The number of sulfonamides is 1. The van der Waals surface area contributed by atoms with Gasteiger partial charge in [-0.3, -0.25) is 0 Å². The van der Waals surface area contributed by atoms with Gasteiger partial charge in [-0.15, -0.1) is 0 Å². The summed E-state index contributed by atoms with van der Waals surface area (Å²) in [6.45, 7) is 3.43. The highest BCUT2D eigenvalue weighted by Gasteiger charge is 2.26. The molecule has 0 spiro atoms. The molecule has 106 valence electrons. The fraction of sp³-hybridized carbons (Fsp3) is 0.538. The first-order chi connectivity index (χ1) is 8.91. The Bertz CT molecular complexity index is 554. The molecule has 1 aliphatic heterocycles. The lowest BCUT2D eigenvalue weighted by Crippen LogP contribution is -2.38. The summed E-state index contributed by atoms with van der Waals surface area (Å²) >= 11 is 3.34. The zero-order valence-electron chi connectivity index (χ0n) is 11.2. The van der Waals surface area contributed by atoms with Crippen LogP contribution < -0.4 is 5.32 Å². The van der Waals surface area contributed by atoms with Gasteiger partial charge in [-0.05, 0) is 59.9 Å². The third-order valence-corrected chi connectivity index (χ3v) is 6.22. The molecule has 1 aliphatic rings. The number of nitrogens with zero attached hydrogens (tertiary/aromatic N) is 1. The number of rotatable bonds is 4. The Morgan fingerprint density at radius 3 is 2.79 bits per heavy atom. The molecule has 19 heavy (non-hydrogen) atoms. The van der Waals surface area contributed by atoms with E-state index in [1.54, 1.807) is 13.1 Å². The van der Waals surface area contributed by atoms with Crippen molar-refractivity contribution in [2.45, 2.75) is 30.7 Å². The summed E-state index contributed by atoms with van der Waals surface area (Å²) < 4.78 is 27.1. The Labute approximate surface area is 123 Å². The Hall–Kier alpha value is -0.430. The van der Waals surface area contributed by atoms with Crippen LogP contribution >= 0.6 is 15.9 Å². The Morgan fingerprint density at radius 1 is 1.47 bits per heavy atom. The van der Waals surface area contributed by atoms with Gasteiger partial charge in [-0.2, -0.15) is 4.31 Å². The Balaban J connectivity index is 2.20. The third kappa shape index (κ3) is 3.37. The number of benzene rings is 1. The molecule has 4 nitrogen and oxygen atoms in total. The van der Waals surface area contributed by atoms with Gasteiger partial charge >= 0.3 is 0 Å². The van der Waals surface area contributed by atoms with Crippen LogP contribution in [0.2, 0.25) is 0 Å². The molecular formula is C13H19BrN2O2S. The van der Waals surface area contributed by atoms with Crippen LogP contribution in [0.3, 0.4) is 0 Å². The maximum atomic E-state index is 12.5. The molecule has 0 aliphatic carbocycles. The molecule has 0 radical (unpaired) electrons. The molecule has 2 rings (SSSR count). The number of likely N-dealkylation sites (N-methyl/N-ethyl adjacent to an activating group) is 1. The normalized spacial score (nSPS) is 20.1. The number of halogens is 1. The fourth-order valence-electron chi connectivity index (χ4n) is 2.30. The first-order valence-corrected chi connectivity index (χ1v) is 8.60. The molecule has 1 aromatic rings. The van der Waals surface area contributed by atoms with Crippen LogP contribution in [0.25, 0.3) is 0 Å². The van der Waals surface area contributed by atoms with Crippen molar-refractivity contribution in [1.29, 1.82) is 0 Å². The second kappa shape index (κ2) is 5.91. The largest absolute Gasteiger partial charge is 0.313 e. The van der Waals surface area contributed by atoms with Crippen LogP contribution in [-0.4, -0.2) is 38.9 Å². The Kier molecular flexibility index (Phi) is 4.66. The minimum Gasteiger partial charge on any atom is -0.313 e. The molecule has 0 saturated carbocycles. The fourth-order valence-corrected chi connectivity index (χ4v) is 4.67. The predicted octanol–water partition coefficient (Wildman–Crippen LogP) is 2.13. The van der Waals surface area contributed by atoms with Crippen molar-refractivity contribution in [3.05, 3.63) is 28.2 Å². The van der Waals surface area contributed by atoms with Gasteiger partial charge in [0.15, 0.2) is 0 Å². The molecule has 1 atom stereocenters. The SMILES string of the molecule is Cc1ccc(S(=O)(=O)N(C)CC2CCCN2)c(Br)c1. The molecule has 6 heteroatoms. The minimum absolute atomic E-state index is 0.268. The van der Waals surface area contributed by atoms with Crippen LogP contribution in [0.1, 0.15) is 18.4 Å². The van der Waals surface area contributed by atoms with Crippen LogP contribution in [0.5, 0.6) is 0 Å². The molecule has 1 aromatic carbocycles. The summed E-state index contributed by atoms with van der Waals surface area (Å²) in [5.41, 5.74) is 1.03. The average Bonchev–Trinajstić information content (AvgIpc) is 2.81. The highest BCUT2D eigenvalue weighted by atomic mass is 79.9. The van der Waals surface area contributed by atoms with Gasteiger partial charge in [0.2, 0.25) is 10.0 Å². The van der Waals surface area contributed by atoms with Gasteiger partial charge in [-0.25, -0.2) is 8.42 Å². The molecule has 1 unspecified atom stereocenters. The van der Waals surface area contributed by atoms with Crippen molar-refractivity contribution in [2.75, 3.05) is 20.1 Å². The van der Waals surface area contributed by atoms with E-state index in [1.165, 1.54) is 4.31 Å². The summed E-state index contributed by atoms with van der Waals surface area (Å²) in [7, 11) is -1.79. The van der Waals surface area contributed by atoms with Crippen molar-refractivity contribution in [1.82, 2.24) is 9.62 Å². The predicted molar refractivity (Wildman–Crippen MR) is 79.7 cm³/mol. The zero-order chi connectivity index (χ0) is 14.0. The quantitative estimate of drug-likeness (QED) is 0.908. The van der Waals surface area contributed by atoms with Crippen LogP contribution in [0, 0.1) is 6.92 Å². The summed E-state index contributed by atoms with van der Waals surface area (Å²) in [4.78, 5) is 0.332. The van der Waals surface area contributed by atoms with E-state index >= 15 is 0 Å². The van der Waals surface area contributed by atoms with E-state index in [2.05, 4.69) is 21.2 Å². The molecule has 0 bridgehead atoms. The maximum absolute atomic E-state index is 12.5. The summed E-state index contributed by atoms with van der Waals surface area (Å²) in [6.07, 6.45) is 2.15. The molecule has 0 amide bonds. The number of aryl methyl sites for hydroxylation is 1. The molecule has 1 heterocycles. The van der Waals surface area contributed by atoms with Crippen molar-refractivity contribution in [3.63, 3.8) is 0 Å². The highest BCUT2D eigenvalue weighted by Crippen LogP contribution is 2.25. The van der Waals surface area contributed by atoms with Crippen LogP contribution in [0.4, 0.5) is 0 Å². The second-order valence-corrected chi connectivity index (χ2v) is 7.88. The topological polar surface area (TPSA) is 49.4 Å². The van der Waals surface area contributed by atoms with E-state index in [0.29, 0.717) is 15.9 Å². The smallest absolute Gasteiger partial charge is 0.243 e. The number of hydrogen-bond acceptors (Lipinski definition) is 3. The summed E-state index contributed by atoms with van der Waals surface area (Å²) in [5.74, 6) is 0. The first-order valence-electron chi connectivity index (χ1n) is 6.37. The molecule has 1 saturated heterocycles. The number of hydrogen-bond donors (Lipinski definition) is 1. The van der Waals surface area contributed by atoms with E-state index in [1.807, 2.05) is 19.1 Å². The number of nitrogens with one attached hydrogen (secondary N) is 1. The van der Waals surface area contributed by atoms with Gasteiger partial charge in [0, 0.05) is 24.1 Å². The lowest BCUT2D eigenvalue weighted by atomic mass is 10.2.